The van der Waals surface area contributed by atoms with Crippen LogP contribution in [0.3, 0.4) is 0 Å². The second-order valence-corrected chi connectivity index (χ2v) is 6.55. The molecule has 0 aromatic heterocycles. The second kappa shape index (κ2) is 9.12. The maximum atomic E-state index is 12.1. The van der Waals surface area contributed by atoms with Crippen LogP contribution < -0.4 is 0 Å². The molecule has 0 aliphatic carbocycles. The molecule has 0 heterocycles. The van der Waals surface area contributed by atoms with Crippen LogP contribution in [0.15, 0.2) is 23.3 Å². The number of Topliss-reactive ketones (excluding diaryl/α,β-unsaturated/α-hetero) is 1. The lowest BCUT2D eigenvalue weighted by Crippen LogP contribution is -2.26. The molecule has 0 rings (SSSR count). The van der Waals surface area contributed by atoms with Gasteiger partial charge in [0.25, 0.3) is 0 Å². The number of rotatable bonds is 8. The minimum atomic E-state index is -0.294. The van der Waals surface area contributed by atoms with Crippen LogP contribution in [-0.4, -0.2) is 19.0 Å². The van der Waals surface area contributed by atoms with E-state index in [0.717, 1.165) is 24.8 Å². The zero-order valence-electron chi connectivity index (χ0n) is 14.4. The fourth-order valence-corrected chi connectivity index (χ4v) is 2.01. The highest BCUT2D eigenvalue weighted by Gasteiger charge is 2.25. The molecule has 0 saturated carbocycles. The Kier molecular flexibility index (Phi) is 8.71. The zero-order chi connectivity index (χ0) is 15.8. The van der Waals surface area contributed by atoms with Gasteiger partial charge in [-0.15, -0.1) is 0 Å². The molecule has 0 bridgehead atoms. The predicted octanol–water partition coefficient (Wildman–Crippen LogP) is 5.09. The van der Waals surface area contributed by atoms with E-state index in [2.05, 4.69) is 32.9 Å². The Hall–Kier alpha value is -0.890. The number of ether oxygens (including phenoxy) is 1. The molecule has 1 unspecified atom stereocenters. The van der Waals surface area contributed by atoms with Gasteiger partial charge in [-0.3, -0.25) is 4.79 Å². The largest absolute Gasteiger partial charge is 0.377 e. The molecule has 0 amide bonds. The molecule has 0 aromatic carbocycles. The quantitative estimate of drug-likeness (QED) is 0.579. The molecule has 2 heteroatoms. The van der Waals surface area contributed by atoms with Crippen LogP contribution in [0.4, 0.5) is 0 Å². The first-order valence-electron chi connectivity index (χ1n) is 7.60. The molecule has 0 aliphatic heterocycles. The Labute approximate surface area is 125 Å². The summed E-state index contributed by atoms with van der Waals surface area (Å²) in [5.41, 5.74) is 2.29. The first kappa shape index (κ1) is 19.1. The third-order valence-corrected chi connectivity index (χ3v) is 3.56. The van der Waals surface area contributed by atoms with Crippen molar-refractivity contribution in [3.8, 4) is 0 Å². The first-order valence-corrected chi connectivity index (χ1v) is 7.60. The van der Waals surface area contributed by atoms with Crippen molar-refractivity contribution in [2.45, 2.75) is 73.3 Å². The number of hydrogen-bond acceptors (Lipinski definition) is 2. The Bertz CT molecular complexity index is 356. The van der Waals surface area contributed by atoms with Crippen molar-refractivity contribution in [2.75, 3.05) is 7.11 Å². The van der Waals surface area contributed by atoms with Gasteiger partial charge >= 0.3 is 0 Å². The van der Waals surface area contributed by atoms with E-state index in [1.807, 2.05) is 20.8 Å². The van der Waals surface area contributed by atoms with Crippen molar-refractivity contribution < 1.29 is 9.53 Å². The van der Waals surface area contributed by atoms with Gasteiger partial charge in [-0.25, -0.2) is 0 Å². The molecule has 2 nitrogen and oxygen atoms in total. The molecule has 116 valence electrons. The molecule has 0 aliphatic rings. The molecule has 0 aromatic rings. The van der Waals surface area contributed by atoms with Gasteiger partial charge in [-0.05, 0) is 38.7 Å². The van der Waals surface area contributed by atoms with Crippen LogP contribution >= 0.6 is 0 Å². The van der Waals surface area contributed by atoms with Crippen molar-refractivity contribution in [1.29, 1.82) is 0 Å². The standard InChI is InChI=1S/C18H32O2/c1-8-10-14(2)11-9-12-15(3)16(20-7)13-17(19)18(4,5)6/h10,12,16H,8-9,11,13H2,1-7H3/b14-10+,15-12+. The Morgan fingerprint density at radius 1 is 1.20 bits per heavy atom. The van der Waals surface area contributed by atoms with Crippen LogP contribution in [0.25, 0.3) is 0 Å². The van der Waals surface area contributed by atoms with E-state index in [0.29, 0.717) is 6.42 Å². The SMILES string of the molecule is CC/C=C(\C)CC/C=C(\C)C(CC(=O)C(C)(C)C)OC. The third-order valence-electron chi connectivity index (χ3n) is 3.56. The van der Waals surface area contributed by atoms with Crippen molar-refractivity contribution >= 4 is 5.78 Å². The third kappa shape index (κ3) is 7.64. The van der Waals surface area contributed by atoms with Gasteiger partial charge in [0.05, 0.1) is 6.10 Å². The molecule has 1 atom stereocenters. The number of allylic oxidation sites excluding steroid dienone is 3. The summed E-state index contributed by atoms with van der Waals surface area (Å²) >= 11 is 0. The van der Waals surface area contributed by atoms with Gasteiger partial charge in [0.1, 0.15) is 5.78 Å². The minimum Gasteiger partial charge on any atom is -0.377 e. The van der Waals surface area contributed by atoms with Crippen molar-refractivity contribution in [2.24, 2.45) is 5.41 Å². The van der Waals surface area contributed by atoms with Gasteiger partial charge in [0.15, 0.2) is 0 Å². The Morgan fingerprint density at radius 2 is 1.80 bits per heavy atom. The summed E-state index contributed by atoms with van der Waals surface area (Å²) in [5.74, 6) is 0.249. The van der Waals surface area contributed by atoms with E-state index in [9.17, 15) is 4.79 Å². The average Bonchev–Trinajstić information content (AvgIpc) is 2.34. The van der Waals surface area contributed by atoms with E-state index in [1.54, 1.807) is 7.11 Å². The van der Waals surface area contributed by atoms with Crippen LogP contribution in [0.2, 0.25) is 0 Å². The lowest BCUT2D eigenvalue weighted by molar-refractivity contribution is -0.128. The second-order valence-electron chi connectivity index (χ2n) is 6.55. The van der Waals surface area contributed by atoms with E-state index in [4.69, 9.17) is 4.74 Å². The van der Waals surface area contributed by atoms with E-state index in [1.165, 1.54) is 5.57 Å². The number of methoxy groups -OCH3 is 1. The maximum Gasteiger partial charge on any atom is 0.141 e. The number of ketones is 1. The molecule has 0 radical (unpaired) electrons. The highest BCUT2D eigenvalue weighted by Crippen LogP contribution is 2.21. The van der Waals surface area contributed by atoms with Gasteiger partial charge < -0.3 is 4.74 Å². The molecular weight excluding hydrogens is 248 g/mol. The van der Waals surface area contributed by atoms with Crippen molar-refractivity contribution in [1.82, 2.24) is 0 Å². The van der Waals surface area contributed by atoms with Crippen LogP contribution in [-0.2, 0) is 9.53 Å². The van der Waals surface area contributed by atoms with Crippen LogP contribution in [0.1, 0.15) is 67.2 Å². The normalized spacial score (nSPS) is 15.3. The van der Waals surface area contributed by atoms with Gasteiger partial charge in [0, 0.05) is 18.9 Å². The molecule has 0 saturated heterocycles. The Balaban J connectivity index is 4.51. The van der Waals surface area contributed by atoms with Crippen molar-refractivity contribution in [3.63, 3.8) is 0 Å². The fourth-order valence-electron chi connectivity index (χ4n) is 2.01. The maximum absolute atomic E-state index is 12.1. The summed E-state index contributed by atoms with van der Waals surface area (Å²) < 4.78 is 5.48. The van der Waals surface area contributed by atoms with Gasteiger partial charge in [0.2, 0.25) is 0 Å². The summed E-state index contributed by atoms with van der Waals surface area (Å²) in [4.78, 5) is 12.1. The first-order chi connectivity index (χ1) is 9.22. The lowest BCUT2D eigenvalue weighted by Gasteiger charge is -2.22. The highest BCUT2D eigenvalue weighted by molar-refractivity contribution is 5.84. The molecule has 0 spiro atoms. The fraction of sp³-hybridized carbons (Fsp3) is 0.722. The van der Waals surface area contributed by atoms with E-state index >= 15 is 0 Å². The van der Waals surface area contributed by atoms with Crippen LogP contribution in [0, 0.1) is 5.41 Å². The zero-order valence-corrected chi connectivity index (χ0v) is 14.4. The van der Waals surface area contributed by atoms with Gasteiger partial charge in [-0.1, -0.05) is 45.4 Å². The monoisotopic (exact) mass is 280 g/mol. The summed E-state index contributed by atoms with van der Waals surface area (Å²) in [6.07, 6.45) is 8.03. The number of hydrogen-bond donors (Lipinski definition) is 0. The average molecular weight is 280 g/mol. The summed E-state index contributed by atoms with van der Waals surface area (Å²) in [6.45, 7) is 12.3. The smallest absolute Gasteiger partial charge is 0.141 e. The molecule has 20 heavy (non-hydrogen) atoms. The van der Waals surface area contributed by atoms with Crippen molar-refractivity contribution in [3.05, 3.63) is 23.3 Å². The summed E-state index contributed by atoms with van der Waals surface area (Å²) in [7, 11) is 1.68. The Morgan fingerprint density at radius 3 is 2.25 bits per heavy atom. The van der Waals surface area contributed by atoms with Gasteiger partial charge in [-0.2, -0.15) is 0 Å². The molecular formula is C18H32O2. The molecule has 0 fully saturated rings. The lowest BCUT2D eigenvalue weighted by atomic mass is 9.86. The topological polar surface area (TPSA) is 26.3 Å². The number of carbonyl (C=O) groups is 1. The summed E-state index contributed by atoms with van der Waals surface area (Å²) in [5, 5.41) is 0. The predicted molar refractivity (Wildman–Crippen MR) is 86.9 cm³/mol. The van der Waals surface area contributed by atoms with E-state index < -0.39 is 0 Å². The van der Waals surface area contributed by atoms with E-state index in [-0.39, 0.29) is 17.3 Å². The number of carbonyl (C=O) groups excluding carboxylic acids is 1. The van der Waals surface area contributed by atoms with Crippen LogP contribution in [0.5, 0.6) is 0 Å². The highest BCUT2D eigenvalue weighted by atomic mass is 16.5. The molecule has 0 N–H and O–H groups in total. The minimum absolute atomic E-state index is 0.0859. The summed E-state index contributed by atoms with van der Waals surface area (Å²) in [6, 6.07) is 0.